The van der Waals surface area contributed by atoms with Crippen LogP contribution in [0, 0.1) is 0 Å². The molecule has 0 radical (unpaired) electrons. The summed E-state index contributed by atoms with van der Waals surface area (Å²) in [6.45, 7) is 2.07. The number of fused-ring (bicyclic) bond motifs is 1. The van der Waals surface area contributed by atoms with Gasteiger partial charge in [-0.2, -0.15) is 0 Å². The quantitative estimate of drug-likeness (QED) is 0.747. The Morgan fingerprint density at radius 1 is 0.958 bits per heavy atom. The molecular formula is C18H15N3O3. The number of anilines is 1. The maximum atomic E-state index is 12.3. The van der Waals surface area contributed by atoms with Crippen LogP contribution in [-0.4, -0.2) is 28.5 Å². The van der Waals surface area contributed by atoms with E-state index < -0.39 is 0 Å². The Labute approximate surface area is 138 Å². The molecule has 6 heteroatoms. The van der Waals surface area contributed by atoms with Gasteiger partial charge in [-0.15, -0.1) is 0 Å². The van der Waals surface area contributed by atoms with Crippen LogP contribution >= 0.6 is 0 Å². The fourth-order valence-electron chi connectivity index (χ4n) is 2.21. The summed E-state index contributed by atoms with van der Waals surface area (Å²) in [5.41, 5.74) is 2.90. The number of ether oxygens (including phenoxy) is 1. The van der Waals surface area contributed by atoms with Crippen LogP contribution in [-0.2, 0) is 4.74 Å². The van der Waals surface area contributed by atoms with E-state index in [1.165, 1.54) is 0 Å². The molecule has 0 aliphatic rings. The molecule has 1 N–H and O–H groups in total. The van der Waals surface area contributed by atoms with E-state index in [-0.39, 0.29) is 11.9 Å². The zero-order chi connectivity index (χ0) is 16.9. The molecule has 2 aromatic carbocycles. The minimum Gasteiger partial charge on any atom is -0.462 e. The summed E-state index contributed by atoms with van der Waals surface area (Å²) in [6.07, 6.45) is 3.19. The van der Waals surface area contributed by atoms with Gasteiger partial charge in [-0.05, 0) is 49.4 Å². The molecule has 0 unspecified atom stereocenters. The number of hydrogen-bond donors (Lipinski definition) is 1. The molecule has 3 rings (SSSR count). The molecule has 0 fully saturated rings. The van der Waals surface area contributed by atoms with Gasteiger partial charge in [0.15, 0.2) is 0 Å². The van der Waals surface area contributed by atoms with Crippen LogP contribution < -0.4 is 5.32 Å². The maximum Gasteiger partial charge on any atom is 0.338 e. The van der Waals surface area contributed by atoms with Crippen molar-refractivity contribution in [3.63, 3.8) is 0 Å². The molecule has 0 aliphatic heterocycles. The van der Waals surface area contributed by atoms with Gasteiger partial charge in [0.1, 0.15) is 0 Å². The molecule has 24 heavy (non-hydrogen) atoms. The van der Waals surface area contributed by atoms with Crippen molar-refractivity contribution in [2.75, 3.05) is 11.9 Å². The van der Waals surface area contributed by atoms with Crippen molar-refractivity contribution in [1.82, 2.24) is 9.97 Å². The lowest BCUT2D eigenvalue weighted by molar-refractivity contribution is 0.0526. The standard InChI is InChI=1S/C18H15N3O3/c1-2-24-18(23)12-3-6-14(7-4-12)21-17(22)13-5-8-15-16(11-13)20-10-9-19-15/h3-11H,2H2,1H3,(H,21,22). The van der Waals surface area contributed by atoms with Gasteiger partial charge in [0.05, 0.1) is 23.2 Å². The van der Waals surface area contributed by atoms with Crippen molar-refractivity contribution >= 4 is 28.6 Å². The normalized spacial score (nSPS) is 10.4. The Hall–Kier alpha value is -3.28. The first-order valence-electron chi connectivity index (χ1n) is 7.46. The Bertz CT molecular complexity index is 891. The zero-order valence-electron chi connectivity index (χ0n) is 13.0. The van der Waals surface area contributed by atoms with E-state index in [9.17, 15) is 9.59 Å². The minimum absolute atomic E-state index is 0.258. The molecule has 1 aromatic heterocycles. The second-order valence-corrected chi connectivity index (χ2v) is 5.01. The Kier molecular flexibility index (Phi) is 4.47. The molecule has 0 bridgehead atoms. The highest BCUT2D eigenvalue weighted by molar-refractivity contribution is 6.06. The molecule has 0 atom stereocenters. The summed E-state index contributed by atoms with van der Waals surface area (Å²) in [5, 5.41) is 2.78. The largest absolute Gasteiger partial charge is 0.462 e. The van der Waals surface area contributed by atoms with Gasteiger partial charge in [0.2, 0.25) is 0 Å². The van der Waals surface area contributed by atoms with E-state index in [0.29, 0.717) is 28.9 Å². The lowest BCUT2D eigenvalue weighted by atomic mass is 10.1. The first-order chi connectivity index (χ1) is 11.7. The van der Waals surface area contributed by atoms with Crippen LogP contribution in [0.4, 0.5) is 5.69 Å². The highest BCUT2D eigenvalue weighted by Crippen LogP contribution is 2.15. The van der Waals surface area contributed by atoms with Crippen molar-refractivity contribution in [3.8, 4) is 0 Å². The van der Waals surface area contributed by atoms with Crippen LogP contribution in [0.2, 0.25) is 0 Å². The number of aromatic nitrogens is 2. The number of nitrogens with zero attached hydrogens (tertiary/aromatic N) is 2. The average Bonchev–Trinajstić information content (AvgIpc) is 2.62. The van der Waals surface area contributed by atoms with Crippen molar-refractivity contribution in [2.24, 2.45) is 0 Å². The minimum atomic E-state index is -0.386. The number of esters is 1. The Balaban J connectivity index is 1.74. The molecule has 0 saturated carbocycles. The van der Waals surface area contributed by atoms with Gasteiger partial charge in [0, 0.05) is 23.6 Å². The predicted molar refractivity (Wildman–Crippen MR) is 89.9 cm³/mol. The molecular weight excluding hydrogens is 306 g/mol. The van der Waals surface area contributed by atoms with E-state index in [1.807, 2.05) is 0 Å². The average molecular weight is 321 g/mol. The first-order valence-corrected chi connectivity index (χ1v) is 7.46. The number of carbonyl (C=O) groups excluding carboxylic acids is 2. The summed E-state index contributed by atoms with van der Waals surface area (Å²) in [5.74, 6) is -0.644. The Morgan fingerprint density at radius 2 is 1.62 bits per heavy atom. The van der Waals surface area contributed by atoms with E-state index in [4.69, 9.17) is 4.74 Å². The number of benzene rings is 2. The van der Waals surface area contributed by atoms with Gasteiger partial charge in [0.25, 0.3) is 5.91 Å². The summed E-state index contributed by atoms with van der Waals surface area (Å²) in [4.78, 5) is 32.3. The van der Waals surface area contributed by atoms with Gasteiger partial charge in [-0.3, -0.25) is 14.8 Å². The lowest BCUT2D eigenvalue weighted by Gasteiger charge is -2.07. The van der Waals surface area contributed by atoms with Gasteiger partial charge in [-0.1, -0.05) is 0 Å². The first kappa shape index (κ1) is 15.6. The monoisotopic (exact) mass is 321 g/mol. The highest BCUT2D eigenvalue weighted by atomic mass is 16.5. The van der Waals surface area contributed by atoms with Gasteiger partial charge in [-0.25, -0.2) is 4.79 Å². The third-order valence-corrected chi connectivity index (χ3v) is 3.39. The zero-order valence-corrected chi connectivity index (χ0v) is 13.0. The second kappa shape index (κ2) is 6.87. The smallest absolute Gasteiger partial charge is 0.338 e. The van der Waals surface area contributed by atoms with Gasteiger partial charge >= 0.3 is 5.97 Å². The predicted octanol–water partition coefficient (Wildman–Crippen LogP) is 3.06. The number of hydrogen-bond acceptors (Lipinski definition) is 5. The molecule has 0 spiro atoms. The third-order valence-electron chi connectivity index (χ3n) is 3.39. The molecule has 0 saturated heterocycles. The molecule has 3 aromatic rings. The van der Waals surface area contributed by atoms with E-state index in [0.717, 1.165) is 5.52 Å². The SMILES string of the molecule is CCOC(=O)c1ccc(NC(=O)c2ccc3nccnc3c2)cc1. The topological polar surface area (TPSA) is 81.2 Å². The lowest BCUT2D eigenvalue weighted by Crippen LogP contribution is -2.12. The highest BCUT2D eigenvalue weighted by Gasteiger charge is 2.09. The third kappa shape index (κ3) is 3.38. The van der Waals surface area contributed by atoms with Crippen molar-refractivity contribution < 1.29 is 14.3 Å². The summed E-state index contributed by atoms with van der Waals surface area (Å²) in [7, 11) is 0. The van der Waals surface area contributed by atoms with Crippen LogP contribution in [0.15, 0.2) is 54.9 Å². The number of carbonyl (C=O) groups is 2. The van der Waals surface area contributed by atoms with Crippen molar-refractivity contribution in [3.05, 3.63) is 66.0 Å². The summed E-state index contributed by atoms with van der Waals surface area (Å²) >= 11 is 0. The summed E-state index contributed by atoms with van der Waals surface area (Å²) in [6, 6.07) is 11.7. The number of nitrogens with one attached hydrogen (secondary N) is 1. The van der Waals surface area contributed by atoms with E-state index in [1.54, 1.807) is 61.8 Å². The van der Waals surface area contributed by atoms with E-state index >= 15 is 0 Å². The number of rotatable bonds is 4. The maximum absolute atomic E-state index is 12.3. The number of amides is 1. The molecule has 120 valence electrons. The fourth-order valence-corrected chi connectivity index (χ4v) is 2.21. The van der Waals surface area contributed by atoms with E-state index in [2.05, 4.69) is 15.3 Å². The summed E-state index contributed by atoms with van der Waals surface area (Å²) < 4.78 is 4.92. The molecule has 1 amide bonds. The Morgan fingerprint density at radius 3 is 2.33 bits per heavy atom. The molecule has 0 aliphatic carbocycles. The molecule has 6 nitrogen and oxygen atoms in total. The van der Waals surface area contributed by atoms with Crippen molar-refractivity contribution in [2.45, 2.75) is 6.92 Å². The van der Waals surface area contributed by atoms with Crippen LogP contribution in [0.5, 0.6) is 0 Å². The van der Waals surface area contributed by atoms with Crippen LogP contribution in [0.3, 0.4) is 0 Å². The van der Waals surface area contributed by atoms with Crippen LogP contribution in [0.1, 0.15) is 27.6 Å². The van der Waals surface area contributed by atoms with Crippen LogP contribution in [0.25, 0.3) is 11.0 Å². The second-order valence-electron chi connectivity index (χ2n) is 5.01. The van der Waals surface area contributed by atoms with Crippen molar-refractivity contribution in [1.29, 1.82) is 0 Å². The fraction of sp³-hybridized carbons (Fsp3) is 0.111. The van der Waals surface area contributed by atoms with Gasteiger partial charge < -0.3 is 10.1 Å². The molecule has 1 heterocycles.